The van der Waals surface area contributed by atoms with E-state index < -0.39 is 6.29 Å². The fourth-order valence-electron chi connectivity index (χ4n) is 2.73. The van der Waals surface area contributed by atoms with Gasteiger partial charge in [0.15, 0.2) is 5.13 Å². The maximum atomic E-state index is 12.9. The van der Waals surface area contributed by atoms with Crippen molar-refractivity contribution >= 4 is 55.7 Å². The van der Waals surface area contributed by atoms with Crippen LogP contribution < -0.4 is 10.1 Å². The van der Waals surface area contributed by atoms with Crippen LogP contribution in [0.5, 0.6) is 5.75 Å². The van der Waals surface area contributed by atoms with E-state index in [-0.39, 0.29) is 5.78 Å². The Labute approximate surface area is 169 Å². The van der Waals surface area contributed by atoms with Gasteiger partial charge in [-0.25, -0.2) is 4.98 Å². The topological polar surface area (TPSA) is 60.5 Å². The van der Waals surface area contributed by atoms with E-state index in [0.717, 1.165) is 10.2 Å². The lowest BCUT2D eigenvalue weighted by Gasteiger charge is -2.27. The molecule has 0 radical (unpaired) electrons. The Balaban J connectivity index is 1.67. The molecule has 1 aliphatic heterocycles. The molecule has 0 amide bonds. The van der Waals surface area contributed by atoms with Crippen LogP contribution in [0, 0.1) is 0 Å². The van der Waals surface area contributed by atoms with Crippen LogP contribution in [0.3, 0.4) is 0 Å². The van der Waals surface area contributed by atoms with Gasteiger partial charge in [-0.2, -0.15) is 0 Å². The second-order valence-electron chi connectivity index (χ2n) is 5.75. The lowest BCUT2D eigenvalue weighted by Crippen LogP contribution is -2.33. The second-order valence-corrected chi connectivity index (χ2v) is 7.65. The van der Waals surface area contributed by atoms with E-state index in [9.17, 15) is 4.79 Å². The highest BCUT2D eigenvalue weighted by molar-refractivity contribution is 7.22. The summed E-state index contributed by atoms with van der Waals surface area (Å²) < 4.78 is 12.4. The molecule has 1 N–H and O–H groups in total. The molecule has 138 valence electrons. The molecule has 4 rings (SSSR count). The van der Waals surface area contributed by atoms with Crippen molar-refractivity contribution in [2.45, 2.75) is 13.2 Å². The van der Waals surface area contributed by atoms with Gasteiger partial charge in [-0.1, -0.05) is 34.5 Å². The zero-order chi connectivity index (χ0) is 19.0. The number of hydrogen-bond acceptors (Lipinski definition) is 6. The number of hydrogen-bond donors (Lipinski definition) is 1. The van der Waals surface area contributed by atoms with E-state index in [4.69, 9.17) is 32.7 Å². The maximum Gasteiger partial charge on any atom is 0.232 e. The lowest BCUT2D eigenvalue weighted by atomic mass is 10.00. The highest BCUT2D eigenvalue weighted by atomic mass is 35.5. The minimum atomic E-state index is -0.799. The summed E-state index contributed by atoms with van der Waals surface area (Å²) in [6.07, 6.45) is 0.777. The number of nitrogens with zero attached hydrogens (tertiary/aromatic N) is 1. The molecule has 0 fully saturated rings. The predicted molar refractivity (Wildman–Crippen MR) is 108 cm³/mol. The first-order chi connectivity index (χ1) is 13.0. The van der Waals surface area contributed by atoms with E-state index >= 15 is 0 Å². The molecule has 5 nitrogen and oxygen atoms in total. The standard InChI is InChI=1S/C19H14Cl2N2O3S/c1-2-25-18-13(17(24)12-7-10(20)4-6-15(12)26-18)9-22-19-23-14-5-3-11(21)8-16(14)27-19/h3-9,18H,2H2,1H3,(H,22,23)/b13-9+/t18-/m1/s1. The molecule has 0 aliphatic carbocycles. The summed E-state index contributed by atoms with van der Waals surface area (Å²) in [5.74, 6) is 0.253. The fraction of sp³-hybridized carbons (Fsp3) is 0.158. The number of nitrogens with one attached hydrogen (secondary N) is 1. The summed E-state index contributed by atoms with van der Waals surface area (Å²) in [7, 11) is 0. The smallest absolute Gasteiger partial charge is 0.232 e. The first-order valence-corrected chi connectivity index (χ1v) is 9.77. The van der Waals surface area contributed by atoms with E-state index in [2.05, 4.69) is 10.3 Å². The van der Waals surface area contributed by atoms with Gasteiger partial charge in [0.2, 0.25) is 12.1 Å². The summed E-state index contributed by atoms with van der Waals surface area (Å²) in [4.78, 5) is 17.4. The number of anilines is 1. The number of thiazole rings is 1. The molecule has 3 aromatic rings. The summed E-state index contributed by atoms with van der Waals surface area (Å²) in [5, 5.41) is 4.83. The summed E-state index contributed by atoms with van der Waals surface area (Å²) in [6.45, 7) is 2.24. The van der Waals surface area contributed by atoms with E-state index in [0.29, 0.717) is 38.7 Å². The largest absolute Gasteiger partial charge is 0.460 e. The molecule has 0 saturated carbocycles. The monoisotopic (exact) mass is 420 g/mol. The minimum absolute atomic E-state index is 0.200. The Morgan fingerprint density at radius 1 is 1.26 bits per heavy atom. The Kier molecular flexibility index (Phi) is 5.06. The van der Waals surface area contributed by atoms with Gasteiger partial charge >= 0.3 is 0 Å². The zero-order valence-corrected chi connectivity index (χ0v) is 16.5. The number of carbonyl (C=O) groups is 1. The van der Waals surface area contributed by atoms with E-state index in [1.165, 1.54) is 11.3 Å². The molecule has 0 spiro atoms. The first kappa shape index (κ1) is 18.3. The number of ether oxygens (including phenoxy) is 2. The van der Waals surface area contributed by atoms with Gasteiger partial charge in [-0.15, -0.1) is 0 Å². The average molecular weight is 421 g/mol. The summed E-state index contributed by atoms with van der Waals surface area (Å²) >= 11 is 13.5. The molecule has 8 heteroatoms. The van der Waals surface area contributed by atoms with Gasteiger partial charge in [0, 0.05) is 22.9 Å². The average Bonchev–Trinajstić information content (AvgIpc) is 3.04. The number of ketones is 1. The van der Waals surface area contributed by atoms with Crippen LogP contribution in [0.15, 0.2) is 48.2 Å². The van der Waals surface area contributed by atoms with Crippen molar-refractivity contribution < 1.29 is 14.3 Å². The Bertz CT molecular complexity index is 1060. The van der Waals surface area contributed by atoms with Gasteiger partial charge in [0.05, 0.1) is 21.4 Å². The van der Waals surface area contributed by atoms with Crippen LogP contribution in [0.2, 0.25) is 10.0 Å². The maximum absolute atomic E-state index is 12.9. The van der Waals surface area contributed by atoms with Gasteiger partial charge in [-0.3, -0.25) is 4.79 Å². The molecule has 2 aromatic carbocycles. The normalized spacial score (nSPS) is 17.8. The number of benzene rings is 2. The highest BCUT2D eigenvalue weighted by Crippen LogP contribution is 2.34. The third kappa shape index (κ3) is 3.66. The van der Waals surface area contributed by atoms with Crippen molar-refractivity contribution in [3.05, 3.63) is 63.8 Å². The third-order valence-corrected chi connectivity index (χ3v) is 5.38. The van der Waals surface area contributed by atoms with Crippen molar-refractivity contribution in [2.75, 3.05) is 11.9 Å². The molecule has 1 aromatic heterocycles. The highest BCUT2D eigenvalue weighted by Gasteiger charge is 2.32. The molecule has 27 heavy (non-hydrogen) atoms. The first-order valence-electron chi connectivity index (χ1n) is 8.20. The minimum Gasteiger partial charge on any atom is -0.460 e. The van der Waals surface area contributed by atoms with Gasteiger partial charge in [-0.05, 0) is 43.3 Å². The fourth-order valence-corrected chi connectivity index (χ4v) is 4.02. The number of Topliss-reactive ketones (excluding diaryl/α,β-unsaturated/α-hetero) is 1. The molecule has 1 atom stereocenters. The van der Waals surface area contributed by atoms with E-state index in [1.807, 2.05) is 19.1 Å². The van der Waals surface area contributed by atoms with Crippen LogP contribution in [0.4, 0.5) is 5.13 Å². The van der Waals surface area contributed by atoms with Crippen LogP contribution >= 0.6 is 34.5 Å². The van der Waals surface area contributed by atoms with Crippen molar-refractivity contribution in [3.8, 4) is 5.75 Å². The van der Waals surface area contributed by atoms with Crippen LogP contribution in [-0.2, 0) is 4.74 Å². The summed E-state index contributed by atoms with van der Waals surface area (Å²) in [5.41, 5.74) is 1.58. The Morgan fingerprint density at radius 2 is 2.04 bits per heavy atom. The second kappa shape index (κ2) is 7.48. The molecule has 0 bridgehead atoms. The van der Waals surface area contributed by atoms with E-state index in [1.54, 1.807) is 30.5 Å². The number of halogens is 2. The SMILES string of the molecule is CCO[C@@H]1Oc2ccc(Cl)cc2C(=O)/C1=C\Nc1nc2ccc(Cl)cc2s1. The number of fused-ring (bicyclic) bond motifs is 2. The van der Waals surface area contributed by atoms with Crippen molar-refractivity contribution in [2.24, 2.45) is 0 Å². The predicted octanol–water partition coefficient (Wildman–Crippen LogP) is 5.54. The number of carbonyl (C=O) groups excluding carboxylic acids is 1. The van der Waals surface area contributed by atoms with Crippen LogP contribution in [0.1, 0.15) is 17.3 Å². The van der Waals surface area contributed by atoms with Gasteiger partial charge in [0.1, 0.15) is 5.75 Å². The quantitative estimate of drug-likeness (QED) is 0.561. The number of aromatic nitrogens is 1. The molecular weight excluding hydrogens is 407 g/mol. The van der Waals surface area contributed by atoms with Crippen molar-refractivity contribution in [1.82, 2.24) is 4.98 Å². The van der Waals surface area contributed by atoms with Crippen molar-refractivity contribution in [3.63, 3.8) is 0 Å². The molecule has 1 aliphatic rings. The zero-order valence-electron chi connectivity index (χ0n) is 14.2. The molecule has 0 unspecified atom stereocenters. The van der Waals surface area contributed by atoms with Crippen LogP contribution in [-0.4, -0.2) is 23.7 Å². The van der Waals surface area contributed by atoms with Crippen LogP contribution in [0.25, 0.3) is 10.2 Å². The molecular formula is C19H14Cl2N2O3S. The lowest BCUT2D eigenvalue weighted by molar-refractivity contribution is -0.0509. The molecule has 2 heterocycles. The van der Waals surface area contributed by atoms with Crippen molar-refractivity contribution in [1.29, 1.82) is 0 Å². The summed E-state index contributed by atoms with van der Waals surface area (Å²) in [6, 6.07) is 10.4. The third-order valence-electron chi connectivity index (χ3n) is 3.96. The number of rotatable bonds is 4. The molecule has 0 saturated heterocycles. The van der Waals surface area contributed by atoms with Gasteiger partial charge in [0.25, 0.3) is 0 Å². The Morgan fingerprint density at radius 3 is 2.85 bits per heavy atom. The van der Waals surface area contributed by atoms with Gasteiger partial charge < -0.3 is 14.8 Å². The Hall–Kier alpha value is -2.12.